The Kier molecular flexibility index (Phi) is 2.27. The summed E-state index contributed by atoms with van der Waals surface area (Å²) in [6.45, 7) is 2.01. The molecule has 0 aromatic rings. The third kappa shape index (κ3) is 1.53. The van der Waals surface area contributed by atoms with E-state index in [-0.39, 0.29) is 29.7 Å². The van der Waals surface area contributed by atoms with Crippen LogP contribution in [0.1, 0.15) is 26.2 Å². The summed E-state index contributed by atoms with van der Waals surface area (Å²) < 4.78 is 10.1. The van der Waals surface area contributed by atoms with Crippen LogP contribution in [0.4, 0.5) is 0 Å². The van der Waals surface area contributed by atoms with Crippen LogP contribution in [-0.2, 0) is 14.3 Å². The smallest absolute Gasteiger partial charge is 0.305 e. The maximum atomic E-state index is 11.1. The highest BCUT2D eigenvalue weighted by atomic mass is 16.6. The zero-order valence-electron chi connectivity index (χ0n) is 8.53. The van der Waals surface area contributed by atoms with Crippen LogP contribution >= 0.6 is 0 Å². The van der Waals surface area contributed by atoms with E-state index in [1.165, 1.54) is 7.11 Å². The molecule has 14 heavy (non-hydrogen) atoms. The Labute approximate surface area is 83.2 Å². The first-order valence-corrected chi connectivity index (χ1v) is 4.99. The topological polar surface area (TPSA) is 59.1 Å². The number of hydrogen-bond acceptors (Lipinski definition) is 4. The van der Waals surface area contributed by atoms with Crippen LogP contribution in [0.5, 0.6) is 0 Å². The highest BCUT2D eigenvalue weighted by Crippen LogP contribution is 2.52. The molecule has 0 spiro atoms. The fourth-order valence-electron chi connectivity index (χ4n) is 2.39. The van der Waals surface area contributed by atoms with Crippen molar-refractivity contribution < 1.29 is 19.4 Å². The number of aliphatic hydroxyl groups excluding tert-OH is 1. The van der Waals surface area contributed by atoms with Crippen molar-refractivity contribution in [3.05, 3.63) is 0 Å². The fraction of sp³-hybridized carbons (Fsp3) is 0.900. The van der Waals surface area contributed by atoms with Gasteiger partial charge in [0, 0.05) is 12.3 Å². The van der Waals surface area contributed by atoms with Crippen molar-refractivity contribution in [1.29, 1.82) is 0 Å². The second-order valence-corrected chi connectivity index (χ2v) is 4.39. The molecule has 0 aromatic heterocycles. The van der Waals surface area contributed by atoms with E-state index in [9.17, 15) is 9.90 Å². The zero-order chi connectivity index (χ0) is 10.3. The summed E-state index contributed by atoms with van der Waals surface area (Å²) in [5.41, 5.74) is -0.187. The Bertz CT molecular complexity index is 253. The van der Waals surface area contributed by atoms with E-state index >= 15 is 0 Å². The van der Waals surface area contributed by atoms with Gasteiger partial charge in [-0.05, 0) is 13.3 Å². The van der Waals surface area contributed by atoms with Crippen molar-refractivity contribution in [3.8, 4) is 0 Å². The molecule has 1 heterocycles. The number of fused-ring (bicyclic) bond motifs is 1. The Morgan fingerprint density at radius 1 is 1.64 bits per heavy atom. The number of esters is 1. The van der Waals surface area contributed by atoms with Crippen molar-refractivity contribution in [2.24, 2.45) is 5.92 Å². The summed E-state index contributed by atoms with van der Waals surface area (Å²) in [6, 6.07) is 0. The molecule has 4 nitrogen and oxygen atoms in total. The summed E-state index contributed by atoms with van der Waals surface area (Å²) in [7, 11) is 1.38. The summed E-state index contributed by atoms with van der Waals surface area (Å²) in [5.74, 6) is -0.122. The number of rotatable bonds is 2. The van der Waals surface area contributed by atoms with E-state index in [4.69, 9.17) is 4.74 Å². The lowest BCUT2D eigenvalue weighted by Crippen LogP contribution is -2.35. The maximum absolute atomic E-state index is 11.1. The Hall–Kier alpha value is -0.610. The Morgan fingerprint density at radius 3 is 3.00 bits per heavy atom. The van der Waals surface area contributed by atoms with Gasteiger partial charge in [-0.2, -0.15) is 0 Å². The molecule has 1 N–H and O–H groups in total. The lowest BCUT2D eigenvalue weighted by atomic mass is 9.77. The van der Waals surface area contributed by atoms with Gasteiger partial charge < -0.3 is 14.6 Å². The third-order valence-corrected chi connectivity index (χ3v) is 3.47. The van der Waals surface area contributed by atoms with E-state index in [2.05, 4.69) is 4.74 Å². The molecule has 2 aliphatic rings. The van der Waals surface area contributed by atoms with Gasteiger partial charge in [0.15, 0.2) is 0 Å². The molecule has 0 unspecified atom stereocenters. The maximum Gasteiger partial charge on any atom is 0.305 e. The number of aliphatic hydroxyl groups is 1. The number of epoxide rings is 1. The van der Waals surface area contributed by atoms with E-state index in [1.54, 1.807) is 0 Å². The first-order chi connectivity index (χ1) is 6.56. The molecule has 2 rings (SSSR count). The second kappa shape index (κ2) is 3.21. The number of methoxy groups -OCH3 is 1. The normalized spacial score (nSPS) is 45.5. The van der Waals surface area contributed by atoms with Crippen molar-refractivity contribution >= 4 is 5.97 Å². The lowest BCUT2D eigenvalue weighted by molar-refractivity contribution is -0.142. The van der Waals surface area contributed by atoms with Crippen LogP contribution in [-0.4, -0.2) is 36.0 Å². The van der Waals surface area contributed by atoms with Gasteiger partial charge in [0.1, 0.15) is 0 Å². The molecule has 0 amide bonds. The van der Waals surface area contributed by atoms with E-state index in [1.807, 2.05) is 6.92 Å². The Balaban J connectivity index is 1.99. The molecule has 1 aliphatic carbocycles. The molecule has 1 aliphatic heterocycles. The number of ether oxygens (including phenoxy) is 2. The number of carbonyl (C=O) groups excluding carboxylic acids is 1. The van der Waals surface area contributed by atoms with Crippen molar-refractivity contribution in [2.45, 2.75) is 44.0 Å². The van der Waals surface area contributed by atoms with Gasteiger partial charge in [-0.3, -0.25) is 4.79 Å². The zero-order valence-corrected chi connectivity index (χ0v) is 8.53. The molecule has 0 aromatic carbocycles. The molecule has 1 saturated heterocycles. The van der Waals surface area contributed by atoms with E-state index in [0.717, 1.165) is 0 Å². The number of hydrogen-bond donors (Lipinski definition) is 1. The predicted molar refractivity (Wildman–Crippen MR) is 48.6 cm³/mol. The van der Waals surface area contributed by atoms with Gasteiger partial charge >= 0.3 is 5.97 Å². The third-order valence-electron chi connectivity index (χ3n) is 3.47. The predicted octanol–water partition coefficient (Wildman–Crippen LogP) is 0.478. The minimum Gasteiger partial charge on any atom is -0.469 e. The molecule has 0 bridgehead atoms. The van der Waals surface area contributed by atoms with Gasteiger partial charge in [0.2, 0.25) is 0 Å². The number of carbonyl (C=O) groups is 1. The molecule has 4 heteroatoms. The summed E-state index contributed by atoms with van der Waals surface area (Å²) in [6.07, 6.45) is 1.50. The highest BCUT2D eigenvalue weighted by molar-refractivity contribution is 5.69. The van der Waals surface area contributed by atoms with Gasteiger partial charge in [0.25, 0.3) is 0 Å². The summed E-state index contributed by atoms with van der Waals surface area (Å²) >= 11 is 0. The molecule has 4 atom stereocenters. The molecular weight excluding hydrogens is 184 g/mol. The van der Waals surface area contributed by atoms with E-state index in [0.29, 0.717) is 19.3 Å². The van der Waals surface area contributed by atoms with Gasteiger partial charge in [-0.1, -0.05) is 0 Å². The second-order valence-electron chi connectivity index (χ2n) is 4.39. The minimum absolute atomic E-state index is 0.101. The van der Waals surface area contributed by atoms with Crippen LogP contribution in [0.15, 0.2) is 0 Å². The first kappa shape index (κ1) is 9.93. The van der Waals surface area contributed by atoms with Gasteiger partial charge in [-0.15, -0.1) is 0 Å². The minimum atomic E-state index is -0.328. The summed E-state index contributed by atoms with van der Waals surface area (Å²) in [4.78, 5) is 11.1. The SMILES string of the molecule is COC(=O)C[C@@H]1C[C@@H](O)C[C@@H]2O[C@]12C. The monoisotopic (exact) mass is 200 g/mol. The Morgan fingerprint density at radius 2 is 2.36 bits per heavy atom. The molecule has 1 saturated carbocycles. The van der Waals surface area contributed by atoms with Crippen LogP contribution in [0.25, 0.3) is 0 Å². The van der Waals surface area contributed by atoms with Crippen molar-refractivity contribution in [1.82, 2.24) is 0 Å². The van der Waals surface area contributed by atoms with Crippen LogP contribution < -0.4 is 0 Å². The van der Waals surface area contributed by atoms with Crippen molar-refractivity contribution in [2.75, 3.05) is 7.11 Å². The van der Waals surface area contributed by atoms with Crippen LogP contribution in [0, 0.1) is 5.92 Å². The molecular formula is C10H16O4. The van der Waals surface area contributed by atoms with Crippen molar-refractivity contribution in [3.63, 3.8) is 0 Å². The van der Waals surface area contributed by atoms with E-state index < -0.39 is 0 Å². The average Bonchev–Trinajstić information content (AvgIpc) is 2.77. The van der Waals surface area contributed by atoms with Crippen LogP contribution in [0.2, 0.25) is 0 Å². The average molecular weight is 200 g/mol. The molecule has 80 valence electrons. The van der Waals surface area contributed by atoms with Gasteiger partial charge in [0.05, 0.1) is 31.3 Å². The standard InChI is InChI=1S/C10H16O4/c1-10-6(4-9(12)13-2)3-7(11)5-8(10)14-10/h6-8,11H,3-5H2,1-2H3/t6-,7+,8-,10+/m0/s1. The molecule has 2 fully saturated rings. The highest BCUT2D eigenvalue weighted by Gasteiger charge is 2.61. The largest absolute Gasteiger partial charge is 0.469 e. The fourth-order valence-corrected chi connectivity index (χ4v) is 2.39. The van der Waals surface area contributed by atoms with Crippen LogP contribution in [0.3, 0.4) is 0 Å². The molecule has 0 radical (unpaired) electrons. The quantitative estimate of drug-likeness (QED) is 0.520. The van der Waals surface area contributed by atoms with Gasteiger partial charge in [-0.25, -0.2) is 0 Å². The summed E-state index contributed by atoms with van der Waals surface area (Å²) in [5, 5.41) is 9.54. The first-order valence-electron chi connectivity index (χ1n) is 4.99. The lowest BCUT2D eigenvalue weighted by Gasteiger charge is -2.27.